The lowest BCUT2D eigenvalue weighted by atomic mass is 10.1. The van der Waals surface area contributed by atoms with Gasteiger partial charge in [-0.25, -0.2) is 86.8 Å². The highest BCUT2D eigenvalue weighted by Crippen LogP contribution is 2.49. The number of amides is 10. The Kier molecular flexibility index (Phi) is 24.7. The van der Waals surface area contributed by atoms with Gasteiger partial charge in [-0.15, -0.1) is 0 Å². The number of hydrogen-bond acceptors (Lipinski definition) is 28. The number of fused-ring (bicyclic) bond motifs is 6. The van der Waals surface area contributed by atoms with Crippen LogP contribution in [0.3, 0.4) is 0 Å². The molecule has 5 aromatic carbocycles. The molecule has 0 spiro atoms. The second-order valence-corrected chi connectivity index (χ2v) is 33.2. The summed E-state index contributed by atoms with van der Waals surface area (Å²) in [5, 5.41) is 38.5. The van der Waals surface area contributed by atoms with Crippen molar-refractivity contribution < 1.29 is 99.6 Å². The highest BCUT2D eigenvalue weighted by Gasteiger charge is 2.61. The number of sulfonamides is 1. The first kappa shape index (κ1) is 85.1. The zero-order valence-corrected chi connectivity index (χ0v) is 68.9. The van der Waals surface area contributed by atoms with E-state index in [1.54, 1.807) is 62.2 Å². The van der Waals surface area contributed by atoms with E-state index < -0.39 is 156 Å². The minimum atomic E-state index is -3.75. The van der Waals surface area contributed by atoms with Crippen molar-refractivity contribution in [2.45, 2.75) is 168 Å². The Morgan fingerprint density at radius 1 is 0.414 bits per heavy atom. The second-order valence-electron chi connectivity index (χ2n) is 31.4. The predicted molar refractivity (Wildman–Crippen MR) is 448 cm³/mol. The fraction of sp³-hybridized carbons (Fsp3) is 0.369. The molecule has 10 amide bonds. The van der Waals surface area contributed by atoms with Gasteiger partial charge in [-0.05, 0) is 68.4 Å². The molecule has 43 nitrogen and oxygen atoms in total. The number of carboxylic acids is 2. The lowest BCUT2D eigenvalue weighted by Crippen LogP contribution is -2.49. The molecule has 1 aliphatic carbocycles. The van der Waals surface area contributed by atoms with Gasteiger partial charge >= 0.3 is 36.1 Å². The van der Waals surface area contributed by atoms with Crippen LogP contribution in [0.5, 0.6) is 0 Å². The molecule has 6 aromatic heterocycles. The SMILES string of the molecule is CS(=O)(=O)NC(=O)NCC1OC(n2cnc3c(NC(=O)Nc4ccccc4)ncnc32)C2OC(Cc3ccccc3)OC12.O=C(Nc1ccccc1)Nc1ncnc2c1ncn2C1OC(C(=O)N2CCCC2C(=O)O)C2OC(c3ccccc3)OC21.O=C(Nc1ncnc2c1ncn2C1OC(C(=O)N2CCCC2C(=O)O)C2OC(c3ccccc3)OC21)NC1CCCC1. The summed E-state index contributed by atoms with van der Waals surface area (Å²) in [7, 11) is -3.75. The van der Waals surface area contributed by atoms with Gasteiger partial charge in [0.05, 0.1) is 25.2 Å². The van der Waals surface area contributed by atoms with Gasteiger partial charge in [0.1, 0.15) is 73.8 Å². The van der Waals surface area contributed by atoms with E-state index in [1.165, 1.54) is 47.8 Å². The summed E-state index contributed by atoms with van der Waals surface area (Å²) >= 11 is 0. The summed E-state index contributed by atoms with van der Waals surface area (Å²) in [6.45, 7) is 0.566. The number of rotatable bonds is 20. The number of aromatic nitrogens is 12. The topological polar surface area (TPSA) is 528 Å². The van der Waals surface area contributed by atoms with E-state index in [4.69, 9.17) is 42.6 Å². The fourth-order valence-electron chi connectivity index (χ4n) is 17.2. The molecule has 9 aliphatic rings. The third kappa shape index (κ3) is 18.2. The van der Waals surface area contributed by atoms with E-state index in [2.05, 4.69) is 82.1 Å². The number of para-hydroxylation sites is 2. The van der Waals surface area contributed by atoms with Crippen LogP contribution in [-0.4, -0.2) is 240 Å². The number of ether oxygens (including phenoxy) is 9. The van der Waals surface area contributed by atoms with Crippen LogP contribution in [0.1, 0.15) is 99.3 Å². The van der Waals surface area contributed by atoms with Crippen LogP contribution in [0.4, 0.5) is 48.0 Å². The third-order valence-electron chi connectivity index (χ3n) is 23.0. The van der Waals surface area contributed by atoms with Crippen LogP contribution >= 0.6 is 0 Å². The zero-order chi connectivity index (χ0) is 88.3. The highest BCUT2D eigenvalue weighted by atomic mass is 32.2. The van der Waals surface area contributed by atoms with E-state index >= 15 is 0 Å². The Labute approximate surface area is 727 Å². The minimum Gasteiger partial charge on any atom is -0.480 e. The molecule has 1 saturated carbocycles. The lowest BCUT2D eigenvalue weighted by Gasteiger charge is -2.27. The van der Waals surface area contributed by atoms with Gasteiger partial charge in [0.25, 0.3) is 11.8 Å². The molecule has 0 radical (unpaired) electrons. The number of carbonyl (C=O) groups is 8. The molecule has 17 atom stereocenters. The highest BCUT2D eigenvalue weighted by molar-refractivity contribution is 7.89. The molecule has 9 fully saturated rings. The number of hydrogen-bond donors (Lipinski definition) is 10. The number of nitrogens with one attached hydrogen (secondary N) is 8. The monoisotopic (exact) mass is 1770 g/mol. The Morgan fingerprint density at radius 2 is 0.805 bits per heavy atom. The molecule has 664 valence electrons. The first-order valence-corrected chi connectivity index (χ1v) is 43.3. The number of carbonyl (C=O) groups excluding carboxylic acids is 6. The van der Waals surface area contributed by atoms with Crippen molar-refractivity contribution in [1.82, 2.24) is 83.7 Å². The van der Waals surface area contributed by atoms with Gasteiger partial charge in [0, 0.05) is 54.6 Å². The van der Waals surface area contributed by atoms with Crippen molar-refractivity contribution in [1.29, 1.82) is 0 Å². The van der Waals surface area contributed by atoms with E-state index in [-0.39, 0.29) is 36.1 Å². The first-order valence-electron chi connectivity index (χ1n) is 41.4. The number of nitrogens with zero attached hydrogens (tertiary/aromatic N) is 14. The Hall–Kier alpha value is -13.7. The summed E-state index contributed by atoms with van der Waals surface area (Å²) in [6.07, 6.45) is 3.77. The number of imidazole rings is 3. The summed E-state index contributed by atoms with van der Waals surface area (Å²) in [5.41, 5.74) is 5.79. The molecule has 0 bridgehead atoms. The molecule has 8 saturated heterocycles. The van der Waals surface area contributed by atoms with Gasteiger partial charge in [-0.3, -0.25) is 39.2 Å². The van der Waals surface area contributed by atoms with Crippen LogP contribution in [0.2, 0.25) is 0 Å². The third-order valence-corrected chi connectivity index (χ3v) is 23.6. The van der Waals surface area contributed by atoms with Crippen molar-refractivity contribution in [3.63, 3.8) is 0 Å². The van der Waals surface area contributed by atoms with E-state index in [0.717, 1.165) is 48.6 Å². The first-order chi connectivity index (χ1) is 62.2. The average Bonchev–Trinajstić information content (AvgIpc) is 1.59. The molecular weight excluding hydrogens is 1690 g/mol. The summed E-state index contributed by atoms with van der Waals surface area (Å²) in [4.78, 5) is 143. The molecule has 20 rings (SSSR count). The van der Waals surface area contributed by atoms with Gasteiger partial charge in [0.15, 0.2) is 101 Å². The molecule has 44 heteroatoms. The normalized spacial score (nSPS) is 26.2. The van der Waals surface area contributed by atoms with Crippen LogP contribution in [0.25, 0.3) is 33.5 Å². The number of aliphatic carboxylic acids is 2. The molecule has 10 N–H and O–H groups in total. The van der Waals surface area contributed by atoms with Gasteiger partial charge < -0.3 is 83.9 Å². The quantitative estimate of drug-likeness (QED) is 0.0359. The number of urea groups is 4. The molecular formula is C84H86N22O21S. The minimum absolute atomic E-state index is 0.0610. The predicted octanol–water partition coefficient (Wildman–Crippen LogP) is 7.25. The largest absolute Gasteiger partial charge is 0.480 e. The molecule has 8 aliphatic heterocycles. The Bertz CT molecular complexity index is 6030. The summed E-state index contributed by atoms with van der Waals surface area (Å²) in [6, 6.07) is 42.3. The summed E-state index contributed by atoms with van der Waals surface area (Å²) in [5.74, 6) is -2.44. The molecule has 17 unspecified atom stereocenters. The van der Waals surface area contributed by atoms with Crippen molar-refractivity contribution in [3.8, 4) is 0 Å². The molecule has 14 heterocycles. The van der Waals surface area contributed by atoms with E-state index in [9.17, 15) is 57.0 Å². The number of carboxylic acid groups (broad SMARTS) is 2. The molecule has 11 aromatic rings. The van der Waals surface area contributed by atoms with Crippen molar-refractivity contribution in [2.24, 2.45) is 0 Å². The number of anilines is 5. The Balaban J connectivity index is 0.000000130. The maximum absolute atomic E-state index is 13.7. The molecule has 128 heavy (non-hydrogen) atoms. The summed E-state index contributed by atoms with van der Waals surface area (Å²) < 4.78 is 86.3. The van der Waals surface area contributed by atoms with Crippen LogP contribution < -0.4 is 41.9 Å². The zero-order valence-electron chi connectivity index (χ0n) is 68.1. The van der Waals surface area contributed by atoms with Crippen LogP contribution in [0, 0.1) is 0 Å². The average molecular weight is 1770 g/mol. The van der Waals surface area contributed by atoms with Crippen molar-refractivity contribution >= 4 is 120 Å². The van der Waals surface area contributed by atoms with Crippen LogP contribution in [0.15, 0.2) is 190 Å². The maximum atomic E-state index is 13.7. The Morgan fingerprint density at radius 3 is 1.23 bits per heavy atom. The van der Waals surface area contributed by atoms with E-state index in [0.29, 0.717) is 90.1 Å². The maximum Gasteiger partial charge on any atom is 0.328 e. The van der Waals surface area contributed by atoms with Gasteiger partial charge in [-0.1, -0.05) is 140 Å². The van der Waals surface area contributed by atoms with Crippen molar-refractivity contribution in [2.75, 3.05) is 52.5 Å². The van der Waals surface area contributed by atoms with Crippen LogP contribution in [-0.2, 0) is 78.3 Å². The van der Waals surface area contributed by atoms with E-state index in [1.807, 2.05) is 108 Å². The lowest BCUT2D eigenvalue weighted by molar-refractivity contribution is -0.171. The number of likely N-dealkylation sites (tertiary alicyclic amines) is 2. The number of benzene rings is 5. The van der Waals surface area contributed by atoms with Crippen molar-refractivity contribution in [3.05, 3.63) is 206 Å². The van der Waals surface area contributed by atoms with Gasteiger partial charge in [0.2, 0.25) is 10.0 Å². The second kappa shape index (κ2) is 37.1. The standard InChI is InChI=1S/C29H27N7O7.C28H31N7O7.C27H28N8O7S/c37-25(35-13-7-12-18(35)27(38)39)21-20-22(43-28(42-20)16-8-3-1-4-9-16)26(41-21)36-15-32-19-23(30-14-31-24(19)36)34-29(40)33-17-10-5-2-6-11-17;36-24(34-12-6-11-17(34)26(37)38)20-19-21(42-27(41-19)15-7-2-1-3-8-15)25(40-20)35-14-31-18-22(29-13-30-23(18)35)33-28(39)32-16-9-4-5-10-16;1-43(38,39)34-26(36)28-13-18-21-22(42-19(41-21)12-16-8-4-2-5-9-16)25(40-18)35-15-31-20-23(29-14-30-24(20)35)33-27(37)32-17-10-6-3-7-11-17/h1-6,8-11,14-15,18,20-22,26,28H,7,12-13H2,(H,38,39)(H2,30,31,33,34,40);1-3,7-8,13-14,16-17,19-21,25,27H,4-6,9-12H2,(H,37,38)(H2,29,30,32,33,39);2-11,14-15,18-19,21-22,25H,12-13H2,1H3,(H2,28,34,36)(H2,29,30,32,33,37). The fourth-order valence-corrected chi connectivity index (χ4v) is 17.7. The van der Waals surface area contributed by atoms with Gasteiger partial charge in [-0.2, -0.15) is 0 Å². The smallest absolute Gasteiger partial charge is 0.328 e.